The quantitative estimate of drug-likeness (QED) is 0.395. The lowest BCUT2D eigenvalue weighted by Crippen LogP contribution is -2.61. The predicted octanol–water partition coefficient (Wildman–Crippen LogP) is 1.96. The molecule has 0 aromatic rings. The third-order valence-corrected chi connectivity index (χ3v) is 4.95. The molecule has 0 amide bonds. The number of thiol groups is 2. The molecule has 19 heavy (non-hydrogen) atoms. The smallest absolute Gasteiger partial charge is 0.169 e. The fourth-order valence-corrected chi connectivity index (χ4v) is 4.25. The van der Waals surface area contributed by atoms with Gasteiger partial charge < -0.3 is 0 Å². The Morgan fingerprint density at radius 2 is 1.84 bits per heavy atom. The molecule has 108 valence electrons. The molecule has 0 radical (unpaired) electrons. The highest BCUT2D eigenvalue weighted by Gasteiger charge is 2.33. The van der Waals surface area contributed by atoms with Crippen LogP contribution in [0.3, 0.4) is 0 Å². The fourth-order valence-electron chi connectivity index (χ4n) is 2.27. The second-order valence-corrected chi connectivity index (χ2v) is 7.80. The first-order chi connectivity index (χ1) is 9.11. The van der Waals surface area contributed by atoms with E-state index in [0.717, 1.165) is 25.4 Å². The summed E-state index contributed by atoms with van der Waals surface area (Å²) >= 11 is 21.1. The van der Waals surface area contributed by atoms with Crippen molar-refractivity contribution in [1.29, 1.82) is 0 Å². The maximum atomic E-state index is 5.30. The van der Waals surface area contributed by atoms with E-state index in [4.69, 9.17) is 24.4 Å². The van der Waals surface area contributed by atoms with E-state index in [1.807, 2.05) is 10.1 Å². The molecule has 0 aliphatic carbocycles. The normalized spacial score (nSPS) is 24.2. The highest BCUT2D eigenvalue weighted by molar-refractivity contribution is 8.11. The maximum Gasteiger partial charge on any atom is 0.169 e. The molecule has 2 aliphatic heterocycles. The van der Waals surface area contributed by atoms with E-state index in [1.54, 1.807) is 11.8 Å². The molecule has 1 unspecified atom stereocenters. The molecule has 2 aliphatic rings. The third-order valence-electron chi connectivity index (χ3n) is 3.09. The van der Waals surface area contributed by atoms with Crippen molar-refractivity contribution >= 4 is 70.1 Å². The molecule has 0 spiro atoms. The first-order valence-corrected chi connectivity index (χ1v) is 9.02. The zero-order valence-electron chi connectivity index (χ0n) is 10.5. The van der Waals surface area contributed by atoms with Gasteiger partial charge in [0, 0.05) is 25.4 Å². The molecule has 9 heteroatoms. The van der Waals surface area contributed by atoms with Gasteiger partial charge in [-0.05, 0) is 25.1 Å². The number of nitrogens with one attached hydrogen (secondary N) is 1. The Balaban J connectivity index is 2.17. The van der Waals surface area contributed by atoms with Gasteiger partial charge in [0.1, 0.15) is 0 Å². The number of piperidine rings is 1. The summed E-state index contributed by atoms with van der Waals surface area (Å²) < 4.78 is 1.02. The molecule has 0 aromatic carbocycles. The number of hydrogen-bond donors (Lipinski definition) is 3. The fraction of sp³-hybridized carbons (Fsp3) is 0.800. The van der Waals surface area contributed by atoms with Gasteiger partial charge in [0.15, 0.2) is 14.1 Å². The molecular weight excluding hydrogens is 336 g/mol. The van der Waals surface area contributed by atoms with E-state index in [2.05, 4.69) is 35.6 Å². The lowest BCUT2D eigenvalue weighted by molar-refractivity contribution is -0.0927. The van der Waals surface area contributed by atoms with E-state index < -0.39 is 0 Å². The second kappa shape index (κ2) is 7.67. The summed E-state index contributed by atoms with van der Waals surface area (Å²) in [4.78, 5) is 0. The summed E-state index contributed by atoms with van der Waals surface area (Å²) in [6.45, 7) is 2.92. The van der Waals surface area contributed by atoms with Crippen LogP contribution in [0.5, 0.6) is 0 Å². The Morgan fingerprint density at radius 3 is 2.32 bits per heavy atom. The number of thiocarbonyl (C=S) groups is 2. The summed E-state index contributed by atoms with van der Waals surface area (Å²) in [6.07, 6.45) is 3.61. The largest absolute Gasteiger partial charge is 0.286 e. The van der Waals surface area contributed by atoms with E-state index in [-0.39, 0.29) is 5.50 Å². The van der Waals surface area contributed by atoms with Crippen molar-refractivity contribution in [2.24, 2.45) is 0 Å². The first-order valence-electron chi connectivity index (χ1n) is 6.26. The first kappa shape index (κ1) is 16.1. The van der Waals surface area contributed by atoms with Crippen LogP contribution in [0.25, 0.3) is 0 Å². The van der Waals surface area contributed by atoms with E-state index >= 15 is 0 Å². The van der Waals surface area contributed by atoms with Crippen LogP contribution >= 0.6 is 61.5 Å². The molecule has 0 saturated carbocycles. The molecule has 1 atom stereocenters. The molecule has 2 heterocycles. The maximum absolute atomic E-state index is 5.30. The summed E-state index contributed by atoms with van der Waals surface area (Å²) in [7, 11) is 0. The topological polar surface area (TPSA) is 21.8 Å². The Labute approximate surface area is 140 Å². The highest BCUT2D eigenvalue weighted by atomic mass is 32.2. The third kappa shape index (κ3) is 4.12. The van der Waals surface area contributed by atoms with Crippen molar-refractivity contribution in [3.8, 4) is 0 Å². The van der Waals surface area contributed by atoms with Crippen LogP contribution in [0.15, 0.2) is 0 Å². The molecule has 0 bridgehead atoms. The van der Waals surface area contributed by atoms with Crippen LogP contribution in [0.1, 0.15) is 19.3 Å². The Kier molecular flexibility index (Phi) is 6.51. The van der Waals surface area contributed by atoms with Gasteiger partial charge in [0.2, 0.25) is 0 Å². The van der Waals surface area contributed by atoms with Crippen LogP contribution in [0.4, 0.5) is 0 Å². The summed E-state index contributed by atoms with van der Waals surface area (Å²) in [5.41, 5.74) is 0.0806. The molecule has 2 saturated heterocycles. The SMILES string of the molecule is S=C(S)N(C1NCCS1)N(C(=S)S)N1CCCCC1. The zero-order valence-corrected chi connectivity index (χ0v) is 14.7. The summed E-state index contributed by atoms with van der Waals surface area (Å²) in [5.74, 6) is 1.06. The Hall–Kier alpha value is 0.750. The second-order valence-electron chi connectivity index (χ2n) is 4.39. The summed E-state index contributed by atoms with van der Waals surface area (Å²) in [5, 5.41) is 9.45. The van der Waals surface area contributed by atoms with Gasteiger partial charge in [-0.3, -0.25) is 5.32 Å². The minimum absolute atomic E-state index is 0.0806. The lowest BCUT2D eigenvalue weighted by Gasteiger charge is -2.46. The number of hydrazine groups is 2. The Morgan fingerprint density at radius 1 is 1.16 bits per heavy atom. The average Bonchev–Trinajstić information content (AvgIpc) is 2.89. The number of hydrogen-bond acceptors (Lipinski definition) is 5. The van der Waals surface area contributed by atoms with E-state index in [0.29, 0.717) is 8.64 Å². The zero-order chi connectivity index (χ0) is 13.8. The average molecular weight is 355 g/mol. The van der Waals surface area contributed by atoms with Crippen LogP contribution in [0, 0.1) is 0 Å². The highest BCUT2D eigenvalue weighted by Crippen LogP contribution is 2.25. The monoisotopic (exact) mass is 354 g/mol. The molecule has 2 fully saturated rings. The molecular formula is C10H18N4S5. The van der Waals surface area contributed by atoms with Gasteiger partial charge in [-0.25, -0.2) is 10.0 Å². The summed E-state index contributed by atoms with van der Waals surface area (Å²) in [6, 6.07) is 0. The lowest BCUT2D eigenvalue weighted by atomic mass is 10.2. The van der Waals surface area contributed by atoms with Gasteiger partial charge in [0.25, 0.3) is 0 Å². The van der Waals surface area contributed by atoms with Crippen molar-refractivity contribution < 1.29 is 0 Å². The number of rotatable bonds is 2. The molecule has 2 rings (SSSR count). The van der Waals surface area contributed by atoms with Gasteiger partial charge in [-0.1, -0.05) is 18.6 Å². The molecule has 1 N–H and O–H groups in total. The van der Waals surface area contributed by atoms with E-state index in [9.17, 15) is 0 Å². The molecule has 4 nitrogen and oxygen atoms in total. The Bertz CT molecular complexity index is 341. The van der Waals surface area contributed by atoms with Crippen molar-refractivity contribution in [3.63, 3.8) is 0 Å². The van der Waals surface area contributed by atoms with Crippen molar-refractivity contribution in [3.05, 3.63) is 0 Å². The van der Waals surface area contributed by atoms with Crippen LogP contribution in [-0.2, 0) is 0 Å². The van der Waals surface area contributed by atoms with Crippen molar-refractivity contribution in [1.82, 2.24) is 20.5 Å². The van der Waals surface area contributed by atoms with Gasteiger partial charge in [0.05, 0.1) is 0 Å². The van der Waals surface area contributed by atoms with Gasteiger partial charge >= 0.3 is 0 Å². The van der Waals surface area contributed by atoms with Gasteiger partial charge in [-0.2, -0.15) is 5.12 Å². The number of nitrogens with zero attached hydrogens (tertiary/aromatic N) is 3. The van der Waals surface area contributed by atoms with Crippen molar-refractivity contribution in [2.45, 2.75) is 24.8 Å². The van der Waals surface area contributed by atoms with Crippen LogP contribution in [-0.4, -0.2) is 54.7 Å². The minimum atomic E-state index is 0.0806. The van der Waals surface area contributed by atoms with Crippen LogP contribution < -0.4 is 5.32 Å². The van der Waals surface area contributed by atoms with Crippen molar-refractivity contribution in [2.75, 3.05) is 25.4 Å². The standard InChI is InChI=1S/C10H18N4S5/c15-9(16)13(8-11-4-7-19-8)14(10(17)18)12-5-2-1-3-6-12/h8,11H,1-7H2,(H,15,16)(H,17,18). The number of thioether (sulfide) groups is 1. The van der Waals surface area contributed by atoms with Crippen LogP contribution in [0.2, 0.25) is 0 Å². The predicted molar refractivity (Wildman–Crippen MR) is 96.5 cm³/mol. The van der Waals surface area contributed by atoms with E-state index in [1.165, 1.54) is 19.3 Å². The minimum Gasteiger partial charge on any atom is -0.286 e. The molecule has 0 aromatic heterocycles. The van der Waals surface area contributed by atoms with Gasteiger partial charge in [-0.15, -0.1) is 37.0 Å².